The molecule has 3 atom stereocenters. The van der Waals surface area contributed by atoms with Crippen LogP contribution in [-0.4, -0.2) is 10.7 Å². The number of aryl methyl sites for hydroxylation is 1. The van der Waals surface area contributed by atoms with Crippen molar-refractivity contribution in [3.05, 3.63) is 22.4 Å². The van der Waals surface area contributed by atoms with Crippen molar-refractivity contribution in [3.63, 3.8) is 0 Å². The molecule has 0 spiro atoms. The summed E-state index contributed by atoms with van der Waals surface area (Å²) in [4.78, 5) is 1.40. The fourth-order valence-electron chi connectivity index (χ4n) is 2.85. The molecule has 2 heteroatoms. The Morgan fingerprint density at radius 2 is 2.25 bits per heavy atom. The maximum absolute atomic E-state index is 10.7. The summed E-state index contributed by atoms with van der Waals surface area (Å²) in [6.45, 7) is 4.47. The molecule has 1 heterocycles. The first-order valence-corrected chi connectivity index (χ1v) is 7.23. The summed E-state index contributed by atoms with van der Waals surface area (Å²) in [5.41, 5.74) is -0.415. The van der Waals surface area contributed by atoms with Crippen LogP contribution in [-0.2, 0) is 6.42 Å². The molecule has 0 radical (unpaired) electrons. The molecule has 0 saturated heterocycles. The van der Waals surface area contributed by atoms with Crippen molar-refractivity contribution in [2.75, 3.05) is 0 Å². The van der Waals surface area contributed by atoms with Gasteiger partial charge in [-0.2, -0.15) is 0 Å². The lowest BCUT2D eigenvalue weighted by Gasteiger charge is -2.41. The van der Waals surface area contributed by atoms with Gasteiger partial charge in [0.1, 0.15) is 0 Å². The van der Waals surface area contributed by atoms with Crippen LogP contribution in [0.25, 0.3) is 0 Å². The van der Waals surface area contributed by atoms with Crippen LogP contribution >= 0.6 is 11.3 Å². The Kier molecular flexibility index (Phi) is 3.70. The van der Waals surface area contributed by atoms with E-state index in [0.717, 1.165) is 19.3 Å². The zero-order chi connectivity index (χ0) is 11.6. The molecule has 0 aromatic carbocycles. The van der Waals surface area contributed by atoms with Crippen LogP contribution in [0.15, 0.2) is 17.5 Å². The highest BCUT2D eigenvalue weighted by molar-refractivity contribution is 7.09. The van der Waals surface area contributed by atoms with Crippen LogP contribution in [0.5, 0.6) is 0 Å². The average molecular weight is 238 g/mol. The quantitative estimate of drug-likeness (QED) is 0.847. The maximum Gasteiger partial charge on any atom is 0.0679 e. The van der Waals surface area contributed by atoms with E-state index in [2.05, 4.69) is 31.4 Å². The molecule has 1 N–H and O–H groups in total. The Morgan fingerprint density at radius 1 is 1.44 bits per heavy atom. The van der Waals surface area contributed by atoms with Gasteiger partial charge in [-0.3, -0.25) is 0 Å². The van der Waals surface area contributed by atoms with E-state index in [1.165, 1.54) is 17.7 Å². The first kappa shape index (κ1) is 12.1. The fraction of sp³-hybridized carbons (Fsp3) is 0.714. The molecule has 1 fully saturated rings. The number of aliphatic hydroxyl groups is 1. The Morgan fingerprint density at radius 3 is 2.94 bits per heavy atom. The summed E-state index contributed by atoms with van der Waals surface area (Å²) < 4.78 is 0. The van der Waals surface area contributed by atoms with Crippen molar-refractivity contribution in [3.8, 4) is 0 Å². The van der Waals surface area contributed by atoms with Crippen LogP contribution < -0.4 is 0 Å². The van der Waals surface area contributed by atoms with E-state index in [0.29, 0.717) is 11.8 Å². The third kappa shape index (κ3) is 2.67. The molecule has 3 unspecified atom stereocenters. The molecule has 1 aromatic heterocycles. The average Bonchev–Trinajstić information content (AvgIpc) is 2.74. The maximum atomic E-state index is 10.7. The van der Waals surface area contributed by atoms with E-state index in [-0.39, 0.29) is 0 Å². The Bertz CT molecular complexity index is 319. The third-order valence-corrected chi connectivity index (χ3v) is 5.03. The van der Waals surface area contributed by atoms with Gasteiger partial charge in [0, 0.05) is 4.88 Å². The molecule has 2 rings (SSSR count). The zero-order valence-corrected chi connectivity index (χ0v) is 11.1. The van der Waals surface area contributed by atoms with E-state index in [4.69, 9.17) is 0 Å². The molecule has 0 bridgehead atoms. The predicted octanol–water partition coefficient (Wildman–Crippen LogP) is 3.87. The van der Waals surface area contributed by atoms with E-state index >= 15 is 0 Å². The smallest absolute Gasteiger partial charge is 0.0679 e. The van der Waals surface area contributed by atoms with Gasteiger partial charge in [0.05, 0.1) is 5.60 Å². The van der Waals surface area contributed by atoms with Gasteiger partial charge in [-0.1, -0.05) is 26.3 Å². The molecule has 1 aromatic rings. The number of rotatable bonds is 3. The van der Waals surface area contributed by atoms with Gasteiger partial charge in [-0.15, -0.1) is 11.3 Å². The number of hydrogen-bond donors (Lipinski definition) is 1. The van der Waals surface area contributed by atoms with Gasteiger partial charge in [-0.05, 0) is 49.0 Å². The van der Waals surface area contributed by atoms with Crippen molar-refractivity contribution in [2.45, 2.75) is 51.6 Å². The molecule has 1 nitrogen and oxygen atoms in total. The van der Waals surface area contributed by atoms with Crippen LogP contribution in [0.1, 0.15) is 44.4 Å². The lowest BCUT2D eigenvalue weighted by atomic mass is 9.70. The first-order valence-electron chi connectivity index (χ1n) is 6.35. The summed E-state index contributed by atoms with van der Waals surface area (Å²) in [7, 11) is 0. The van der Waals surface area contributed by atoms with Crippen molar-refractivity contribution < 1.29 is 5.11 Å². The topological polar surface area (TPSA) is 20.2 Å². The molecule has 90 valence electrons. The summed E-state index contributed by atoms with van der Waals surface area (Å²) in [6, 6.07) is 4.27. The Balaban J connectivity index is 1.95. The van der Waals surface area contributed by atoms with E-state index in [9.17, 15) is 5.11 Å². The second-order valence-electron chi connectivity index (χ2n) is 5.47. The molecule has 1 aliphatic carbocycles. The largest absolute Gasteiger partial charge is 0.390 e. The summed E-state index contributed by atoms with van der Waals surface area (Å²) >= 11 is 1.80. The highest BCUT2D eigenvalue weighted by Gasteiger charge is 2.38. The van der Waals surface area contributed by atoms with Gasteiger partial charge in [0.15, 0.2) is 0 Å². The molecule has 16 heavy (non-hydrogen) atoms. The van der Waals surface area contributed by atoms with Crippen LogP contribution in [0.4, 0.5) is 0 Å². The van der Waals surface area contributed by atoms with Gasteiger partial charge in [-0.25, -0.2) is 0 Å². The predicted molar refractivity (Wildman–Crippen MR) is 69.8 cm³/mol. The van der Waals surface area contributed by atoms with Crippen molar-refractivity contribution in [2.24, 2.45) is 11.8 Å². The fourth-order valence-corrected chi connectivity index (χ4v) is 3.56. The van der Waals surface area contributed by atoms with E-state index in [1.807, 2.05) is 0 Å². The highest BCUT2D eigenvalue weighted by Crippen LogP contribution is 2.39. The van der Waals surface area contributed by atoms with Crippen LogP contribution in [0.2, 0.25) is 0 Å². The van der Waals surface area contributed by atoms with Crippen LogP contribution in [0, 0.1) is 11.8 Å². The minimum atomic E-state index is -0.415. The Hall–Kier alpha value is -0.340. The molecule has 1 saturated carbocycles. The molecular weight excluding hydrogens is 216 g/mol. The molecule has 0 amide bonds. The van der Waals surface area contributed by atoms with Gasteiger partial charge >= 0.3 is 0 Å². The second-order valence-corrected chi connectivity index (χ2v) is 6.50. The highest BCUT2D eigenvalue weighted by atomic mass is 32.1. The summed E-state index contributed by atoms with van der Waals surface area (Å²) in [6.07, 6.45) is 5.41. The summed E-state index contributed by atoms with van der Waals surface area (Å²) in [5.74, 6) is 1.15. The minimum Gasteiger partial charge on any atom is -0.390 e. The van der Waals surface area contributed by atoms with Crippen molar-refractivity contribution >= 4 is 11.3 Å². The van der Waals surface area contributed by atoms with Crippen LogP contribution in [0.3, 0.4) is 0 Å². The lowest BCUT2D eigenvalue weighted by molar-refractivity contribution is -0.0624. The third-order valence-electron chi connectivity index (χ3n) is 4.10. The standard InChI is InChI=1S/C14H22OS/c1-11-5-6-12(2)14(15,10-11)8-7-13-4-3-9-16-13/h3-4,9,11-12,15H,5-8,10H2,1-2H3. The molecule has 0 aliphatic heterocycles. The first-order chi connectivity index (χ1) is 7.60. The van der Waals surface area contributed by atoms with Crippen molar-refractivity contribution in [1.82, 2.24) is 0 Å². The second kappa shape index (κ2) is 4.89. The summed E-state index contributed by atoms with van der Waals surface area (Å²) in [5, 5.41) is 12.8. The molecule has 1 aliphatic rings. The van der Waals surface area contributed by atoms with E-state index < -0.39 is 5.60 Å². The van der Waals surface area contributed by atoms with Gasteiger partial charge in [0.2, 0.25) is 0 Å². The van der Waals surface area contributed by atoms with Gasteiger partial charge < -0.3 is 5.11 Å². The number of hydrogen-bond acceptors (Lipinski definition) is 2. The van der Waals surface area contributed by atoms with Gasteiger partial charge in [0.25, 0.3) is 0 Å². The Labute approximate surface area is 103 Å². The van der Waals surface area contributed by atoms with Crippen molar-refractivity contribution in [1.29, 1.82) is 0 Å². The molecular formula is C14H22OS. The normalized spacial score (nSPS) is 35.2. The minimum absolute atomic E-state index is 0.415. The number of thiophene rings is 1. The monoisotopic (exact) mass is 238 g/mol. The van der Waals surface area contributed by atoms with E-state index in [1.54, 1.807) is 11.3 Å². The lowest BCUT2D eigenvalue weighted by Crippen LogP contribution is -2.42. The zero-order valence-electron chi connectivity index (χ0n) is 10.3. The SMILES string of the molecule is CC1CCC(C)C(O)(CCc2cccs2)C1.